The van der Waals surface area contributed by atoms with E-state index in [4.69, 9.17) is 9.47 Å². The number of nitrogens with zero attached hydrogens (tertiary/aromatic N) is 1. The Morgan fingerprint density at radius 3 is 2.60 bits per heavy atom. The number of hydrogen-bond acceptors (Lipinski definition) is 7. The Balaban J connectivity index is 2.03. The van der Waals surface area contributed by atoms with Gasteiger partial charge in [-0.05, 0) is 37.6 Å². The zero-order chi connectivity index (χ0) is 18.6. The van der Waals surface area contributed by atoms with Crippen LogP contribution in [0.1, 0.15) is 22.2 Å². The standard InChI is InChI=1S/C16H16N2O6S/c1-9-4-5-12(23-3)11(8-9)17-15(19)10(2)24-16(20)13-6-7-14(25-13)18(21)22/h4-8,10H,1-3H3,(H,17,19). The molecular weight excluding hydrogens is 348 g/mol. The predicted molar refractivity (Wildman–Crippen MR) is 92.2 cm³/mol. The van der Waals surface area contributed by atoms with Crippen LogP contribution in [0.5, 0.6) is 5.75 Å². The Morgan fingerprint density at radius 1 is 1.28 bits per heavy atom. The van der Waals surface area contributed by atoms with Gasteiger partial charge in [0.2, 0.25) is 0 Å². The monoisotopic (exact) mass is 364 g/mol. The van der Waals surface area contributed by atoms with E-state index in [2.05, 4.69) is 5.32 Å². The van der Waals surface area contributed by atoms with Gasteiger partial charge in [0.25, 0.3) is 5.91 Å². The molecule has 0 aliphatic carbocycles. The van der Waals surface area contributed by atoms with Crippen molar-refractivity contribution in [2.24, 2.45) is 0 Å². The zero-order valence-electron chi connectivity index (χ0n) is 13.8. The molecule has 2 rings (SSSR count). The normalized spacial score (nSPS) is 11.5. The van der Waals surface area contributed by atoms with E-state index in [1.807, 2.05) is 13.0 Å². The summed E-state index contributed by atoms with van der Waals surface area (Å²) in [5.41, 5.74) is 1.38. The molecule has 132 valence electrons. The van der Waals surface area contributed by atoms with E-state index < -0.39 is 22.9 Å². The van der Waals surface area contributed by atoms with Crippen molar-refractivity contribution in [3.8, 4) is 5.75 Å². The first kappa shape index (κ1) is 18.4. The number of ether oxygens (including phenoxy) is 2. The molecule has 0 aliphatic heterocycles. The van der Waals surface area contributed by atoms with Gasteiger partial charge < -0.3 is 14.8 Å². The number of carbonyl (C=O) groups excluding carboxylic acids is 2. The molecule has 1 heterocycles. The van der Waals surface area contributed by atoms with Crippen LogP contribution < -0.4 is 10.1 Å². The number of esters is 1. The highest BCUT2D eigenvalue weighted by atomic mass is 32.1. The Bertz CT molecular complexity index is 817. The molecule has 0 radical (unpaired) electrons. The van der Waals surface area contributed by atoms with Gasteiger partial charge in [-0.1, -0.05) is 17.4 Å². The van der Waals surface area contributed by atoms with Crippen LogP contribution in [0.15, 0.2) is 30.3 Å². The quantitative estimate of drug-likeness (QED) is 0.479. The summed E-state index contributed by atoms with van der Waals surface area (Å²) in [7, 11) is 1.48. The van der Waals surface area contributed by atoms with Crippen molar-refractivity contribution in [2.75, 3.05) is 12.4 Å². The van der Waals surface area contributed by atoms with E-state index in [0.717, 1.165) is 5.56 Å². The molecule has 1 atom stereocenters. The van der Waals surface area contributed by atoms with Crippen LogP contribution in [0, 0.1) is 17.0 Å². The minimum Gasteiger partial charge on any atom is -0.495 e. The van der Waals surface area contributed by atoms with Crippen LogP contribution in [0.25, 0.3) is 0 Å². The summed E-state index contributed by atoms with van der Waals surface area (Å²) in [5.74, 6) is -0.855. The SMILES string of the molecule is COc1ccc(C)cc1NC(=O)C(C)OC(=O)c1ccc([N+](=O)[O-])s1. The highest BCUT2D eigenvalue weighted by molar-refractivity contribution is 7.17. The molecular formula is C16H16N2O6S. The lowest BCUT2D eigenvalue weighted by Crippen LogP contribution is -2.30. The van der Waals surface area contributed by atoms with Gasteiger partial charge in [-0.3, -0.25) is 14.9 Å². The van der Waals surface area contributed by atoms with Crippen LogP contribution in [-0.4, -0.2) is 30.0 Å². The number of amides is 1. The number of aryl methyl sites for hydroxylation is 1. The maximum Gasteiger partial charge on any atom is 0.349 e. The second-order valence-electron chi connectivity index (χ2n) is 5.14. The first-order valence-corrected chi connectivity index (χ1v) is 8.04. The number of methoxy groups -OCH3 is 1. The van der Waals surface area contributed by atoms with E-state index in [9.17, 15) is 19.7 Å². The van der Waals surface area contributed by atoms with E-state index in [1.165, 1.54) is 26.2 Å². The molecule has 0 bridgehead atoms. The smallest absolute Gasteiger partial charge is 0.349 e. The zero-order valence-corrected chi connectivity index (χ0v) is 14.6. The van der Waals surface area contributed by atoms with Crippen LogP contribution in [0.4, 0.5) is 10.7 Å². The third-order valence-electron chi connectivity index (χ3n) is 3.24. The maximum atomic E-state index is 12.2. The number of carbonyl (C=O) groups is 2. The molecule has 0 fully saturated rings. The second-order valence-corrected chi connectivity index (χ2v) is 6.20. The molecule has 0 saturated heterocycles. The van der Waals surface area contributed by atoms with E-state index in [-0.39, 0.29) is 9.88 Å². The fraction of sp³-hybridized carbons (Fsp3) is 0.250. The molecule has 25 heavy (non-hydrogen) atoms. The third kappa shape index (κ3) is 4.54. The molecule has 8 nitrogen and oxygen atoms in total. The van der Waals surface area contributed by atoms with Crippen molar-refractivity contribution in [1.82, 2.24) is 0 Å². The number of rotatable bonds is 6. The molecule has 1 unspecified atom stereocenters. The Labute approximate surface area is 147 Å². The van der Waals surface area contributed by atoms with Crippen LogP contribution in [0.3, 0.4) is 0 Å². The van der Waals surface area contributed by atoms with Gasteiger partial charge in [0.1, 0.15) is 10.6 Å². The van der Waals surface area contributed by atoms with Gasteiger partial charge in [-0.25, -0.2) is 4.79 Å². The van der Waals surface area contributed by atoms with Crippen LogP contribution >= 0.6 is 11.3 Å². The minimum absolute atomic E-state index is 0.0551. The number of benzene rings is 1. The highest BCUT2D eigenvalue weighted by Crippen LogP contribution is 2.26. The molecule has 1 N–H and O–H groups in total. The van der Waals surface area contributed by atoms with Crippen molar-refractivity contribution in [3.05, 3.63) is 50.9 Å². The molecule has 2 aromatic rings. The lowest BCUT2D eigenvalue weighted by Gasteiger charge is -2.15. The molecule has 1 aromatic heterocycles. The summed E-state index contributed by atoms with van der Waals surface area (Å²) in [6.07, 6.45) is -1.08. The van der Waals surface area contributed by atoms with Gasteiger partial charge in [0, 0.05) is 6.07 Å². The minimum atomic E-state index is -1.08. The van der Waals surface area contributed by atoms with E-state index >= 15 is 0 Å². The molecule has 0 spiro atoms. The van der Waals surface area contributed by atoms with Crippen molar-refractivity contribution in [2.45, 2.75) is 20.0 Å². The predicted octanol–water partition coefficient (Wildman–Crippen LogP) is 3.16. The van der Waals surface area contributed by atoms with Crippen LogP contribution in [-0.2, 0) is 9.53 Å². The highest BCUT2D eigenvalue weighted by Gasteiger charge is 2.23. The fourth-order valence-electron chi connectivity index (χ4n) is 1.96. The van der Waals surface area contributed by atoms with E-state index in [1.54, 1.807) is 12.1 Å². The summed E-state index contributed by atoms with van der Waals surface area (Å²) < 4.78 is 10.2. The van der Waals surface area contributed by atoms with Gasteiger partial charge in [-0.2, -0.15) is 0 Å². The fourth-order valence-corrected chi connectivity index (χ4v) is 2.66. The summed E-state index contributed by atoms with van der Waals surface area (Å²) in [5, 5.41) is 13.1. The van der Waals surface area contributed by atoms with Gasteiger partial charge >= 0.3 is 11.0 Å². The summed E-state index contributed by atoms with van der Waals surface area (Å²) in [4.78, 5) is 34.3. The summed E-state index contributed by atoms with van der Waals surface area (Å²) >= 11 is 0.689. The van der Waals surface area contributed by atoms with Crippen LogP contribution in [0.2, 0.25) is 0 Å². The van der Waals surface area contributed by atoms with Crippen molar-refractivity contribution < 1.29 is 24.0 Å². The number of nitro groups is 1. The molecule has 9 heteroatoms. The number of nitrogens with one attached hydrogen (secondary N) is 1. The van der Waals surface area contributed by atoms with Crippen molar-refractivity contribution >= 4 is 33.9 Å². The average molecular weight is 364 g/mol. The van der Waals surface area contributed by atoms with Gasteiger partial charge in [-0.15, -0.1) is 0 Å². The molecule has 1 amide bonds. The van der Waals surface area contributed by atoms with Crippen molar-refractivity contribution in [3.63, 3.8) is 0 Å². The number of anilines is 1. The maximum absolute atomic E-state index is 12.2. The van der Waals surface area contributed by atoms with Gasteiger partial charge in [0.15, 0.2) is 6.10 Å². The third-order valence-corrected chi connectivity index (χ3v) is 4.26. The van der Waals surface area contributed by atoms with Crippen molar-refractivity contribution in [1.29, 1.82) is 0 Å². The average Bonchev–Trinajstić information content (AvgIpc) is 3.05. The molecule has 0 saturated carbocycles. The Morgan fingerprint density at radius 2 is 2.00 bits per heavy atom. The van der Waals surface area contributed by atoms with Gasteiger partial charge in [0.05, 0.1) is 17.7 Å². The summed E-state index contributed by atoms with van der Waals surface area (Å²) in [6, 6.07) is 7.78. The largest absolute Gasteiger partial charge is 0.495 e. The topological polar surface area (TPSA) is 108 Å². The summed E-state index contributed by atoms with van der Waals surface area (Å²) in [6.45, 7) is 3.28. The number of thiophene rings is 1. The Kier molecular flexibility index (Phi) is 5.71. The number of hydrogen-bond donors (Lipinski definition) is 1. The lowest BCUT2D eigenvalue weighted by molar-refractivity contribution is -0.380. The first-order chi connectivity index (χ1) is 11.8. The first-order valence-electron chi connectivity index (χ1n) is 7.22. The van der Waals surface area contributed by atoms with E-state index in [0.29, 0.717) is 22.8 Å². The lowest BCUT2D eigenvalue weighted by atomic mass is 10.2. The molecule has 1 aromatic carbocycles. The second kappa shape index (κ2) is 7.75. The Hall–Kier alpha value is -2.94. The molecule has 0 aliphatic rings.